The molecular weight excluding hydrogens is 262 g/mol. The molecule has 0 radical (unpaired) electrons. The highest BCUT2D eigenvalue weighted by atomic mass is 16.6. The van der Waals surface area contributed by atoms with Crippen molar-refractivity contribution in [3.63, 3.8) is 0 Å². The number of likely N-dealkylation sites (tertiary alicyclic amines) is 1. The number of ether oxygens (including phenoxy) is 1. The molecule has 1 heterocycles. The average molecular weight is 285 g/mol. The smallest absolute Gasteiger partial charge is 0.410 e. The van der Waals surface area contributed by atoms with Crippen molar-refractivity contribution in [1.82, 2.24) is 10.2 Å². The lowest BCUT2D eigenvalue weighted by molar-refractivity contribution is -0.139. The summed E-state index contributed by atoms with van der Waals surface area (Å²) >= 11 is 0. The third-order valence-corrected chi connectivity index (χ3v) is 3.05. The second-order valence-corrected chi connectivity index (χ2v) is 5.99. The highest BCUT2D eigenvalue weighted by Crippen LogP contribution is 2.23. The molecule has 7 nitrogen and oxygen atoms in total. The number of carboxylic acid groups (broad SMARTS) is 1. The van der Waals surface area contributed by atoms with Gasteiger partial charge in [0, 0.05) is 31.3 Å². The Labute approximate surface area is 118 Å². The van der Waals surface area contributed by atoms with Crippen molar-refractivity contribution in [2.45, 2.75) is 26.4 Å². The number of hydrogen-bond donors (Lipinski definition) is 3. The van der Waals surface area contributed by atoms with Crippen LogP contribution in [0.4, 0.5) is 4.79 Å². The van der Waals surface area contributed by atoms with Crippen molar-refractivity contribution in [3.8, 4) is 0 Å². The van der Waals surface area contributed by atoms with Gasteiger partial charge in [0.05, 0.1) is 0 Å². The van der Waals surface area contributed by atoms with Crippen molar-refractivity contribution < 1.29 is 19.4 Å². The quantitative estimate of drug-likeness (QED) is 0.648. The molecule has 20 heavy (non-hydrogen) atoms. The predicted molar refractivity (Wildman–Crippen MR) is 74.1 cm³/mol. The maximum absolute atomic E-state index is 11.7. The van der Waals surface area contributed by atoms with Gasteiger partial charge >= 0.3 is 12.1 Å². The number of nitrogens with one attached hydrogen (secondary N) is 2. The lowest BCUT2D eigenvalue weighted by atomic mass is 9.86. The van der Waals surface area contributed by atoms with Gasteiger partial charge in [0.2, 0.25) is 0 Å². The van der Waals surface area contributed by atoms with Crippen LogP contribution in [0.2, 0.25) is 0 Å². The molecule has 0 saturated carbocycles. The van der Waals surface area contributed by atoms with E-state index in [9.17, 15) is 9.59 Å². The Balaban J connectivity index is 2.49. The van der Waals surface area contributed by atoms with Crippen LogP contribution in [-0.2, 0) is 9.53 Å². The van der Waals surface area contributed by atoms with Crippen LogP contribution in [0.5, 0.6) is 0 Å². The zero-order valence-corrected chi connectivity index (χ0v) is 12.4. The molecule has 114 valence electrons. The van der Waals surface area contributed by atoms with E-state index >= 15 is 0 Å². The monoisotopic (exact) mass is 285 g/mol. The fraction of sp³-hybridized carbons (Fsp3) is 0.769. The molecule has 1 atom stereocenters. The van der Waals surface area contributed by atoms with E-state index in [4.69, 9.17) is 15.3 Å². The molecule has 1 saturated heterocycles. The molecule has 1 unspecified atom stereocenters. The van der Waals surface area contributed by atoms with Crippen molar-refractivity contribution in [2.24, 2.45) is 11.8 Å². The minimum Gasteiger partial charge on any atom is -0.481 e. The average Bonchev–Trinajstić information content (AvgIpc) is 2.20. The first-order valence-electron chi connectivity index (χ1n) is 6.59. The van der Waals surface area contributed by atoms with Crippen molar-refractivity contribution in [1.29, 1.82) is 5.41 Å². The van der Waals surface area contributed by atoms with Gasteiger partial charge in [0.15, 0.2) is 0 Å². The molecular formula is C13H23N3O4. The molecule has 0 aromatic rings. The summed E-state index contributed by atoms with van der Waals surface area (Å²) in [5, 5.41) is 19.8. The van der Waals surface area contributed by atoms with Crippen LogP contribution >= 0.6 is 0 Å². The molecule has 1 rings (SSSR count). The van der Waals surface area contributed by atoms with Crippen LogP contribution in [0.1, 0.15) is 20.8 Å². The number of hydrogen-bond acceptors (Lipinski definition) is 5. The van der Waals surface area contributed by atoms with Crippen molar-refractivity contribution >= 4 is 17.8 Å². The molecule has 1 fully saturated rings. The number of carbonyl (C=O) groups is 2. The summed E-state index contributed by atoms with van der Waals surface area (Å²) in [6.45, 7) is 6.28. The summed E-state index contributed by atoms with van der Waals surface area (Å²) in [5.74, 6) is -2.05. The number of rotatable bonds is 5. The molecule has 7 heteroatoms. The van der Waals surface area contributed by atoms with Gasteiger partial charge in [-0.3, -0.25) is 4.79 Å². The summed E-state index contributed by atoms with van der Waals surface area (Å²) in [6, 6.07) is 0. The largest absolute Gasteiger partial charge is 0.481 e. The fourth-order valence-electron chi connectivity index (χ4n) is 1.97. The van der Waals surface area contributed by atoms with E-state index in [1.54, 1.807) is 27.8 Å². The fourth-order valence-corrected chi connectivity index (χ4v) is 1.97. The van der Waals surface area contributed by atoms with E-state index < -0.39 is 23.6 Å². The molecule has 1 amide bonds. The Bertz CT molecular complexity index is 397. The summed E-state index contributed by atoms with van der Waals surface area (Å²) < 4.78 is 5.21. The number of carboxylic acids is 1. The molecule has 1 aliphatic rings. The van der Waals surface area contributed by atoms with Gasteiger partial charge in [-0.25, -0.2) is 4.79 Å². The Hall–Kier alpha value is -1.63. The van der Waals surface area contributed by atoms with E-state index in [1.807, 2.05) is 0 Å². The molecule has 0 aliphatic carbocycles. The second-order valence-electron chi connectivity index (χ2n) is 5.99. The molecule has 0 spiro atoms. The van der Waals surface area contributed by atoms with E-state index in [0.29, 0.717) is 13.1 Å². The molecule has 1 aliphatic heterocycles. The summed E-state index contributed by atoms with van der Waals surface area (Å²) in [6.07, 6.45) is -0.415. The standard InChI is InChI=1S/C13H23N3O4/c1-13(2,3)20-12(19)16-6-8(7-16)10(14)9(5-15-4)11(17)18/h8-9,14-15H,5-7H2,1-4H3,(H,17,18). The van der Waals surface area contributed by atoms with Crippen molar-refractivity contribution in [2.75, 3.05) is 26.7 Å². The first-order valence-corrected chi connectivity index (χ1v) is 6.59. The van der Waals surface area contributed by atoms with E-state index in [1.165, 1.54) is 4.90 Å². The maximum Gasteiger partial charge on any atom is 0.410 e. The predicted octanol–water partition coefficient (Wildman–Crippen LogP) is 0.793. The van der Waals surface area contributed by atoms with Crippen molar-refractivity contribution in [3.05, 3.63) is 0 Å². The van der Waals surface area contributed by atoms with E-state index in [-0.39, 0.29) is 18.2 Å². The zero-order valence-electron chi connectivity index (χ0n) is 12.4. The highest BCUT2D eigenvalue weighted by Gasteiger charge is 2.39. The number of amides is 1. The van der Waals surface area contributed by atoms with E-state index in [2.05, 4.69) is 5.32 Å². The molecule has 3 N–H and O–H groups in total. The maximum atomic E-state index is 11.7. The SMILES string of the molecule is CNCC(C(=N)C1CN(C(=O)OC(C)(C)C)C1)C(=O)O. The minimum atomic E-state index is -1.01. The zero-order chi connectivity index (χ0) is 15.5. The minimum absolute atomic E-state index is 0.159. The third kappa shape index (κ3) is 4.19. The Morgan fingerprint density at radius 3 is 2.40 bits per heavy atom. The van der Waals surface area contributed by atoms with Crippen LogP contribution in [-0.4, -0.2) is 60.1 Å². The molecule has 0 aromatic carbocycles. The van der Waals surface area contributed by atoms with Gasteiger partial charge in [-0.05, 0) is 27.8 Å². The summed E-state index contributed by atoms with van der Waals surface area (Å²) in [5.41, 5.74) is -0.391. The first kappa shape index (κ1) is 16.4. The topological polar surface area (TPSA) is 103 Å². The Kier molecular flexibility index (Phi) is 5.10. The molecule has 0 aromatic heterocycles. The van der Waals surface area contributed by atoms with Crippen LogP contribution in [0.3, 0.4) is 0 Å². The summed E-state index contributed by atoms with van der Waals surface area (Å²) in [4.78, 5) is 24.3. The lowest BCUT2D eigenvalue weighted by Crippen LogP contribution is -2.56. The van der Waals surface area contributed by atoms with Gasteiger partial charge in [-0.15, -0.1) is 0 Å². The van der Waals surface area contributed by atoms with E-state index in [0.717, 1.165) is 0 Å². The Morgan fingerprint density at radius 2 is 2.00 bits per heavy atom. The Morgan fingerprint density at radius 1 is 1.45 bits per heavy atom. The van der Waals surface area contributed by atoms with Gasteiger partial charge < -0.3 is 25.5 Å². The van der Waals surface area contributed by atoms with Gasteiger partial charge in [0.25, 0.3) is 0 Å². The molecule has 0 bridgehead atoms. The van der Waals surface area contributed by atoms with Gasteiger partial charge in [-0.2, -0.15) is 0 Å². The van der Waals surface area contributed by atoms with Crippen LogP contribution in [0.25, 0.3) is 0 Å². The van der Waals surface area contributed by atoms with Crippen LogP contribution < -0.4 is 5.32 Å². The number of nitrogens with zero attached hydrogens (tertiary/aromatic N) is 1. The van der Waals surface area contributed by atoms with Gasteiger partial charge in [-0.1, -0.05) is 0 Å². The second kappa shape index (κ2) is 6.21. The normalized spacial score (nSPS) is 17.3. The van der Waals surface area contributed by atoms with Gasteiger partial charge in [0.1, 0.15) is 11.5 Å². The first-order chi connectivity index (χ1) is 9.15. The summed E-state index contributed by atoms with van der Waals surface area (Å²) in [7, 11) is 1.65. The third-order valence-electron chi connectivity index (χ3n) is 3.05. The highest BCUT2D eigenvalue weighted by molar-refractivity contribution is 6.02. The number of aliphatic carboxylic acids is 1. The number of carbonyl (C=O) groups excluding carboxylic acids is 1. The lowest BCUT2D eigenvalue weighted by Gasteiger charge is -2.40. The van der Waals surface area contributed by atoms with Crippen LogP contribution in [0.15, 0.2) is 0 Å². The van der Waals surface area contributed by atoms with Crippen LogP contribution in [0, 0.1) is 17.2 Å².